The largest absolute Gasteiger partial charge is 0.310 e. The number of hydrogen-bond donors (Lipinski definition) is 0. The molecule has 0 radical (unpaired) electrons. The van der Waals surface area contributed by atoms with Crippen molar-refractivity contribution in [3.05, 3.63) is 237 Å². The molecular weight excluding hydrogens is 663 g/mol. The van der Waals surface area contributed by atoms with Crippen LogP contribution < -0.4 is 4.90 Å². The van der Waals surface area contributed by atoms with Crippen molar-refractivity contribution in [2.24, 2.45) is 0 Å². The van der Waals surface area contributed by atoms with E-state index in [1.54, 1.807) is 0 Å². The van der Waals surface area contributed by atoms with Crippen LogP contribution >= 0.6 is 0 Å². The third kappa shape index (κ3) is 7.00. The highest BCUT2D eigenvalue weighted by Crippen LogP contribution is 2.45. The van der Waals surface area contributed by atoms with E-state index in [-0.39, 0.29) is 0 Å². The zero-order chi connectivity index (χ0) is 36.8. The van der Waals surface area contributed by atoms with Gasteiger partial charge >= 0.3 is 0 Å². The lowest BCUT2D eigenvalue weighted by Gasteiger charge is -2.29. The van der Waals surface area contributed by atoms with Crippen LogP contribution in [0.2, 0.25) is 0 Å². The molecule has 0 aliphatic heterocycles. The van der Waals surface area contributed by atoms with E-state index in [1.165, 1.54) is 61.2 Å². The zero-order valence-electron chi connectivity index (χ0n) is 30.5. The minimum absolute atomic E-state index is 1.09. The Morgan fingerprint density at radius 3 is 0.891 bits per heavy atom. The number of anilines is 3. The van der Waals surface area contributed by atoms with Gasteiger partial charge in [0.25, 0.3) is 0 Å². The second kappa shape index (κ2) is 15.4. The molecule has 0 aromatic heterocycles. The SMILES string of the molecule is c1ccc(-c2ccc(-c3ccccc3-c3ccccc3-c3ccccc3N(c3ccc(-c4ccccc4)cc3)c3ccc(-c4ccccc4)cc3)cc2)cc1. The van der Waals surface area contributed by atoms with Crippen LogP contribution in [0.5, 0.6) is 0 Å². The number of rotatable bonds is 9. The van der Waals surface area contributed by atoms with Crippen molar-refractivity contribution in [1.29, 1.82) is 0 Å². The summed E-state index contributed by atoms with van der Waals surface area (Å²) in [6.07, 6.45) is 0. The van der Waals surface area contributed by atoms with Crippen molar-refractivity contribution in [2.45, 2.75) is 0 Å². The van der Waals surface area contributed by atoms with E-state index < -0.39 is 0 Å². The fourth-order valence-corrected chi connectivity index (χ4v) is 7.59. The Kier molecular flexibility index (Phi) is 9.41. The number of benzene rings is 9. The minimum Gasteiger partial charge on any atom is -0.310 e. The van der Waals surface area contributed by atoms with Gasteiger partial charge in [-0.3, -0.25) is 0 Å². The molecule has 0 atom stereocenters. The summed E-state index contributed by atoms with van der Waals surface area (Å²) in [5, 5.41) is 0. The van der Waals surface area contributed by atoms with Crippen molar-refractivity contribution >= 4 is 17.1 Å². The molecule has 9 aromatic rings. The molecule has 0 heterocycles. The quantitative estimate of drug-likeness (QED) is 0.145. The highest BCUT2D eigenvalue weighted by atomic mass is 15.1. The van der Waals surface area contributed by atoms with Crippen LogP contribution in [-0.4, -0.2) is 0 Å². The van der Waals surface area contributed by atoms with Gasteiger partial charge in [-0.1, -0.05) is 206 Å². The third-order valence-electron chi connectivity index (χ3n) is 10.3. The molecule has 1 nitrogen and oxygen atoms in total. The molecule has 0 aliphatic carbocycles. The predicted molar refractivity (Wildman–Crippen MR) is 234 cm³/mol. The van der Waals surface area contributed by atoms with Crippen molar-refractivity contribution in [3.63, 3.8) is 0 Å². The van der Waals surface area contributed by atoms with Crippen LogP contribution in [0.15, 0.2) is 237 Å². The average Bonchev–Trinajstić information content (AvgIpc) is 3.28. The first kappa shape index (κ1) is 33.6. The Morgan fingerprint density at radius 1 is 0.182 bits per heavy atom. The Morgan fingerprint density at radius 2 is 0.455 bits per heavy atom. The maximum absolute atomic E-state index is 2.39. The highest BCUT2D eigenvalue weighted by molar-refractivity contribution is 5.97. The Labute approximate surface area is 324 Å². The zero-order valence-corrected chi connectivity index (χ0v) is 30.5. The minimum atomic E-state index is 1.09. The number of para-hydroxylation sites is 1. The Hall–Kier alpha value is -7.22. The monoisotopic (exact) mass is 701 g/mol. The fraction of sp³-hybridized carbons (Fsp3) is 0. The first-order valence-corrected chi connectivity index (χ1v) is 18.8. The summed E-state index contributed by atoms with van der Waals surface area (Å²) in [6, 6.07) is 85.0. The maximum Gasteiger partial charge on any atom is 0.0540 e. The second-order valence-corrected chi connectivity index (χ2v) is 13.7. The predicted octanol–water partition coefficient (Wildman–Crippen LogP) is 15.2. The van der Waals surface area contributed by atoms with Gasteiger partial charge in [-0.2, -0.15) is 0 Å². The van der Waals surface area contributed by atoms with E-state index in [2.05, 4.69) is 241 Å². The standard InChI is InChI=1S/C54H39N/c1-4-16-40(17-5-1)43-28-30-46(31-29-43)49-22-10-11-23-50(49)51-24-12-13-25-52(51)53-26-14-15-27-54(53)55(47-36-32-44(33-37-47)41-18-6-2-7-19-41)48-38-34-45(35-39-48)42-20-8-3-9-21-42/h1-39H. The van der Waals surface area contributed by atoms with Gasteiger partial charge in [-0.15, -0.1) is 0 Å². The summed E-state index contributed by atoms with van der Waals surface area (Å²) < 4.78 is 0. The van der Waals surface area contributed by atoms with Gasteiger partial charge in [0.2, 0.25) is 0 Å². The summed E-state index contributed by atoms with van der Waals surface area (Å²) in [7, 11) is 0. The molecule has 0 unspecified atom stereocenters. The van der Waals surface area contributed by atoms with Crippen LogP contribution in [0, 0.1) is 0 Å². The van der Waals surface area contributed by atoms with Crippen molar-refractivity contribution in [2.75, 3.05) is 4.90 Å². The number of hydrogen-bond acceptors (Lipinski definition) is 1. The number of nitrogens with zero attached hydrogens (tertiary/aromatic N) is 1. The van der Waals surface area contributed by atoms with Crippen LogP contribution in [0.1, 0.15) is 0 Å². The van der Waals surface area contributed by atoms with Gasteiger partial charge in [0.05, 0.1) is 5.69 Å². The topological polar surface area (TPSA) is 3.24 Å². The molecule has 0 bridgehead atoms. The van der Waals surface area contributed by atoms with E-state index in [1.807, 2.05) is 0 Å². The maximum atomic E-state index is 2.39. The second-order valence-electron chi connectivity index (χ2n) is 13.7. The molecule has 0 spiro atoms. The lowest BCUT2D eigenvalue weighted by atomic mass is 9.88. The summed E-state index contributed by atoms with van der Waals surface area (Å²) in [6.45, 7) is 0. The fourth-order valence-electron chi connectivity index (χ4n) is 7.59. The van der Waals surface area contributed by atoms with Gasteiger partial charge in [-0.05, 0) is 91.5 Å². The smallest absolute Gasteiger partial charge is 0.0540 e. The van der Waals surface area contributed by atoms with Crippen LogP contribution in [0.4, 0.5) is 17.1 Å². The molecule has 0 amide bonds. The lowest BCUT2D eigenvalue weighted by Crippen LogP contribution is -2.11. The molecule has 9 rings (SSSR count). The summed E-state index contributed by atoms with van der Waals surface area (Å²) >= 11 is 0. The summed E-state index contributed by atoms with van der Waals surface area (Å²) in [5.41, 5.74) is 17.6. The van der Waals surface area contributed by atoms with Crippen LogP contribution in [0.25, 0.3) is 66.8 Å². The third-order valence-corrected chi connectivity index (χ3v) is 10.3. The normalized spacial score (nSPS) is 10.9. The first-order valence-electron chi connectivity index (χ1n) is 18.8. The van der Waals surface area contributed by atoms with E-state index in [0.29, 0.717) is 0 Å². The van der Waals surface area contributed by atoms with Gasteiger partial charge in [-0.25, -0.2) is 0 Å². The van der Waals surface area contributed by atoms with Crippen LogP contribution in [0.3, 0.4) is 0 Å². The molecule has 0 saturated heterocycles. The van der Waals surface area contributed by atoms with Gasteiger partial charge in [0.15, 0.2) is 0 Å². The van der Waals surface area contributed by atoms with E-state index >= 15 is 0 Å². The molecule has 260 valence electrons. The molecule has 9 aromatic carbocycles. The molecule has 0 fully saturated rings. The van der Waals surface area contributed by atoms with Crippen LogP contribution in [-0.2, 0) is 0 Å². The highest BCUT2D eigenvalue weighted by Gasteiger charge is 2.20. The molecule has 0 saturated carbocycles. The summed E-state index contributed by atoms with van der Waals surface area (Å²) in [4.78, 5) is 2.39. The van der Waals surface area contributed by atoms with E-state index in [9.17, 15) is 0 Å². The molecular formula is C54H39N. The molecule has 0 aliphatic rings. The van der Waals surface area contributed by atoms with Crippen molar-refractivity contribution in [1.82, 2.24) is 0 Å². The van der Waals surface area contributed by atoms with Crippen molar-refractivity contribution < 1.29 is 0 Å². The van der Waals surface area contributed by atoms with Gasteiger partial charge < -0.3 is 4.90 Å². The first-order chi connectivity index (χ1) is 27.3. The Bertz CT molecular complexity index is 2560. The van der Waals surface area contributed by atoms with Crippen molar-refractivity contribution in [3.8, 4) is 66.8 Å². The Balaban J connectivity index is 1.16. The lowest BCUT2D eigenvalue weighted by molar-refractivity contribution is 1.28. The summed E-state index contributed by atoms with van der Waals surface area (Å²) in [5.74, 6) is 0. The van der Waals surface area contributed by atoms with Gasteiger partial charge in [0.1, 0.15) is 0 Å². The average molecular weight is 702 g/mol. The molecule has 0 N–H and O–H groups in total. The molecule has 1 heteroatoms. The van der Waals surface area contributed by atoms with E-state index in [0.717, 1.165) is 22.6 Å². The van der Waals surface area contributed by atoms with E-state index in [4.69, 9.17) is 0 Å². The molecule has 55 heavy (non-hydrogen) atoms. The van der Waals surface area contributed by atoms with Gasteiger partial charge in [0, 0.05) is 16.9 Å².